The molecule has 1 amide bonds. The Labute approximate surface area is 81.5 Å². The molecule has 0 fully saturated rings. The maximum atomic E-state index is 11.6. The summed E-state index contributed by atoms with van der Waals surface area (Å²) in [5.41, 5.74) is 10.3. The maximum absolute atomic E-state index is 11.6. The predicted molar refractivity (Wildman–Crippen MR) is 54.5 cm³/mol. The third kappa shape index (κ3) is 5.00. The van der Waals surface area contributed by atoms with Crippen molar-refractivity contribution in [1.29, 1.82) is 0 Å². The maximum Gasteiger partial charge on any atom is 0.233 e. The molecule has 0 aliphatic rings. The largest absolute Gasteiger partial charge is 0.369 e. The zero-order valence-electron chi connectivity index (χ0n) is 8.37. The minimum atomic E-state index is -1.26. The average molecular weight is 206 g/mol. The van der Waals surface area contributed by atoms with Gasteiger partial charge >= 0.3 is 0 Å². The fourth-order valence-corrected chi connectivity index (χ4v) is 2.55. The fraction of sp³-hybridized carbons (Fsp3) is 0.875. The Balaban J connectivity index is 4.32. The highest BCUT2D eigenvalue weighted by atomic mass is 32.2. The lowest BCUT2D eigenvalue weighted by Gasteiger charge is -2.20. The molecule has 2 atom stereocenters. The van der Waals surface area contributed by atoms with E-state index in [9.17, 15) is 9.00 Å². The number of hydrogen-bond donors (Lipinski definition) is 2. The van der Waals surface area contributed by atoms with Gasteiger partial charge in [-0.15, -0.1) is 0 Å². The molecule has 0 aromatic rings. The summed E-state index contributed by atoms with van der Waals surface area (Å²) >= 11 is 0. The third-order valence-electron chi connectivity index (χ3n) is 1.52. The molecule has 0 rings (SSSR count). The van der Waals surface area contributed by atoms with Gasteiger partial charge in [0.05, 0.1) is 0 Å². The van der Waals surface area contributed by atoms with Gasteiger partial charge in [-0.05, 0) is 20.3 Å². The monoisotopic (exact) mass is 206 g/mol. The van der Waals surface area contributed by atoms with Gasteiger partial charge < -0.3 is 11.5 Å². The van der Waals surface area contributed by atoms with Crippen LogP contribution in [0.4, 0.5) is 0 Å². The number of rotatable bonds is 5. The topological polar surface area (TPSA) is 86.2 Å². The Morgan fingerprint density at radius 1 is 1.54 bits per heavy atom. The minimum absolute atomic E-state index is 0.300. The summed E-state index contributed by atoms with van der Waals surface area (Å²) in [4.78, 5) is 10.8. The molecule has 13 heavy (non-hydrogen) atoms. The summed E-state index contributed by atoms with van der Waals surface area (Å²) in [5, 5.41) is -0.567. The van der Waals surface area contributed by atoms with E-state index in [2.05, 4.69) is 0 Å². The molecule has 0 heterocycles. The van der Waals surface area contributed by atoms with E-state index in [0.717, 1.165) is 0 Å². The highest BCUT2D eigenvalue weighted by Gasteiger charge is 2.25. The van der Waals surface area contributed by atoms with Crippen LogP contribution in [0.3, 0.4) is 0 Å². The van der Waals surface area contributed by atoms with Crippen LogP contribution in [0.25, 0.3) is 0 Å². The highest BCUT2D eigenvalue weighted by molar-refractivity contribution is 7.86. The van der Waals surface area contributed by atoms with Crippen molar-refractivity contribution in [3.8, 4) is 0 Å². The van der Waals surface area contributed by atoms with Crippen LogP contribution in [-0.4, -0.2) is 26.7 Å². The minimum Gasteiger partial charge on any atom is -0.369 e. The zero-order chi connectivity index (χ0) is 10.6. The van der Waals surface area contributed by atoms with Gasteiger partial charge in [0.25, 0.3) is 0 Å². The van der Waals surface area contributed by atoms with Gasteiger partial charge in [-0.25, -0.2) is 0 Å². The van der Waals surface area contributed by atoms with Gasteiger partial charge in [-0.1, -0.05) is 6.92 Å². The summed E-state index contributed by atoms with van der Waals surface area (Å²) < 4.78 is 11.6. The summed E-state index contributed by atoms with van der Waals surface area (Å²) in [6.45, 7) is 5.34. The fourth-order valence-electron chi connectivity index (χ4n) is 0.984. The summed E-state index contributed by atoms with van der Waals surface area (Å²) in [6.07, 6.45) is 0.498. The third-order valence-corrected chi connectivity index (χ3v) is 3.75. The van der Waals surface area contributed by atoms with Crippen LogP contribution < -0.4 is 11.5 Å². The van der Waals surface area contributed by atoms with E-state index in [1.54, 1.807) is 20.8 Å². The number of nitrogens with two attached hydrogens (primary N) is 2. The molecule has 4 N–H and O–H groups in total. The first-order valence-corrected chi connectivity index (χ1v) is 5.61. The molecule has 5 heteroatoms. The van der Waals surface area contributed by atoms with Crippen molar-refractivity contribution in [2.75, 3.05) is 5.75 Å². The van der Waals surface area contributed by atoms with Crippen molar-refractivity contribution in [2.24, 2.45) is 11.5 Å². The molecular weight excluding hydrogens is 188 g/mol. The first-order chi connectivity index (χ1) is 5.78. The molecule has 0 radical (unpaired) electrons. The van der Waals surface area contributed by atoms with Crippen molar-refractivity contribution >= 4 is 16.7 Å². The number of carbonyl (C=O) groups is 1. The van der Waals surface area contributed by atoms with E-state index in [4.69, 9.17) is 11.5 Å². The van der Waals surface area contributed by atoms with E-state index in [-0.39, 0.29) is 0 Å². The SMILES string of the molecule is CCC(C(N)=O)S(=O)CC(C)(C)N. The van der Waals surface area contributed by atoms with Crippen molar-refractivity contribution < 1.29 is 9.00 Å². The lowest BCUT2D eigenvalue weighted by molar-refractivity contribution is -0.117. The summed E-state index contributed by atoms with van der Waals surface area (Å²) in [7, 11) is -1.26. The van der Waals surface area contributed by atoms with E-state index >= 15 is 0 Å². The quantitative estimate of drug-likeness (QED) is 0.649. The molecule has 0 saturated heterocycles. The molecular formula is C8H18N2O2S. The van der Waals surface area contributed by atoms with Crippen molar-refractivity contribution in [3.63, 3.8) is 0 Å². The first-order valence-electron chi connectivity index (χ1n) is 4.23. The summed E-state index contributed by atoms with van der Waals surface area (Å²) in [6, 6.07) is 0. The molecule has 2 unspecified atom stereocenters. The van der Waals surface area contributed by atoms with E-state index < -0.39 is 27.5 Å². The van der Waals surface area contributed by atoms with Crippen LogP contribution in [0, 0.1) is 0 Å². The van der Waals surface area contributed by atoms with E-state index in [1.165, 1.54) is 0 Å². The highest BCUT2D eigenvalue weighted by Crippen LogP contribution is 2.07. The van der Waals surface area contributed by atoms with Crippen LogP contribution >= 0.6 is 0 Å². The van der Waals surface area contributed by atoms with Crippen molar-refractivity contribution in [1.82, 2.24) is 0 Å². The molecule has 0 bridgehead atoms. The molecule has 4 nitrogen and oxygen atoms in total. The molecule has 78 valence electrons. The lowest BCUT2D eigenvalue weighted by atomic mass is 10.1. The van der Waals surface area contributed by atoms with Crippen molar-refractivity contribution in [3.05, 3.63) is 0 Å². The van der Waals surface area contributed by atoms with Gasteiger partial charge in [0, 0.05) is 22.1 Å². The number of hydrogen-bond acceptors (Lipinski definition) is 3. The molecule has 0 aromatic heterocycles. The smallest absolute Gasteiger partial charge is 0.233 e. The Morgan fingerprint density at radius 3 is 2.23 bits per heavy atom. The van der Waals surface area contributed by atoms with Crippen LogP contribution in [0.1, 0.15) is 27.2 Å². The van der Waals surface area contributed by atoms with Gasteiger partial charge in [-0.3, -0.25) is 9.00 Å². The Hall–Kier alpha value is -0.420. The second kappa shape index (κ2) is 4.72. The molecule has 0 spiro atoms. The Bertz CT molecular complexity index is 211. The van der Waals surface area contributed by atoms with Gasteiger partial charge in [0.1, 0.15) is 5.25 Å². The zero-order valence-corrected chi connectivity index (χ0v) is 9.19. The second-order valence-electron chi connectivity index (χ2n) is 3.81. The lowest BCUT2D eigenvalue weighted by Crippen LogP contribution is -2.43. The average Bonchev–Trinajstić information content (AvgIpc) is 1.82. The standard InChI is InChI=1S/C8H18N2O2S/c1-4-6(7(9)11)13(12)5-8(2,3)10/h6H,4-5,10H2,1-3H3,(H2,9,11). The first kappa shape index (κ1) is 12.6. The molecule has 0 aromatic carbocycles. The van der Waals surface area contributed by atoms with Crippen LogP contribution in [-0.2, 0) is 15.6 Å². The predicted octanol–water partition coefficient (Wildman–Crippen LogP) is -0.264. The molecule has 0 saturated carbocycles. The Morgan fingerprint density at radius 2 is 2.00 bits per heavy atom. The second-order valence-corrected chi connectivity index (χ2v) is 5.43. The molecule has 0 aliphatic heterocycles. The molecule has 0 aliphatic carbocycles. The number of primary amides is 1. The Kier molecular flexibility index (Phi) is 4.56. The van der Waals surface area contributed by atoms with Gasteiger partial charge in [-0.2, -0.15) is 0 Å². The summed E-state index contributed by atoms with van der Waals surface area (Å²) in [5.74, 6) is -0.209. The van der Waals surface area contributed by atoms with Crippen LogP contribution in [0.5, 0.6) is 0 Å². The number of amides is 1. The van der Waals surface area contributed by atoms with Crippen molar-refractivity contribution in [2.45, 2.75) is 38.0 Å². The van der Waals surface area contributed by atoms with Crippen LogP contribution in [0.15, 0.2) is 0 Å². The van der Waals surface area contributed by atoms with Gasteiger partial charge in [0.15, 0.2) is 0 Å². The van der Waals surface area contributed by atoms with E-state index in [0.29, 0.717) is 12.2 Å². The van der Waals surface area contributed by atoms with Gasteiger partial charge in [0.2, 0.25) is 5.91 Å². The number of carbonyl (C=O) groups excluding carboxylic acids is 1. The van der Waals surface area contributed by atoms with Crippen LogP contribution in [0.2, 0.25) is 0 Å². The van der Waals surface area contributed by atoms with E-state index in [1.807, 2.05) is 0 Å². The normalized spacial score (nSPS) is 16.6.